The van der Waals surface area contributed by atoms with Crippen molar-refractivity contribution in [1.29, 1.82) is 0 Å². The fourth-order valence-corrected chi connectivity index (χ4v) is 19.3. The lowest BCUT2D eigenvalue weighted by atomic mass is 9.78. The minimum absolute atomic E-state index is 0.0438. The maximum atomic E-state index is 2.50. The first kappa shape index (κ1) is 63.7. The third-order valence-corrected chi connectivity index (χ3v) is 24.9. The molecule has 0 spiro atoms. The van der Waals surface area contributed by atoms with Gasteiger partial charge < -0.3 is 0 Å². The van der Waals surface area contributed by atoms with Crippen molar-refractivity contribution in [3.63, 3.8) is 0 Å². The highest BCUT2D eigenvalue weighted by Crippen LogP contribution is 2.57. The predicted octanol–water partition coefficient (Wildman–Crippen LogP) is 30.7. The van der Waals surface area contributed by atoms with Gasteiger partial charge in [-0.1, -0.05) is 319 Å². The Morgan fingerprint density at radius 1 is 0.155 bits per heavy atom. The van der Waals surface area contributed by atoms with Gasteiger partial charge in [-0.3, -0.25) is 0 Å². The quantitative estimate of drug-likeness (QED) is 0.146. The molecule has 21 aromatic carbocycles. The summed E-state index contributed by atoms with van der Waals surface area (Å²) in [7, 11) is 0. The van der Waals surface area contributed by atoms with Crippen LogP contribution in [-0.4, -0.2) is 0 Å². The van der Waals surface area contributed by atoms with E-state index in [0.717, 1.165) is 0 Å². The lowest BCUT2D eigenvalue weighted by Crippen LogP contribution is -2.15. The van der Waals surface area contributed by atoms with Crippen LogP contribution >= 0.6 is 0 Å². The first-order chi connectivity index (χ1) is 54.0. The van der Waals surface area contributed by atoms with Crippen LogP contribution in [0.15, 0.2) is 376 Å². The Morgan fingerprint density at radius 2 is 0.518 bits per heavy atom. The van der Waals surface area contributed by atoms with Crippen LogP contribution in [0.4, 0.5) is 0 Å². The number of benzene rings is 21. The fraction of sp³-hybridized carbons (Fsp3) is 0.0545. The van der Waals surface area contributed by atoms with Gasteiger partial charge in [0.1, 0.15) is 0 Å². The van der Waals surface area contributed by atoms with E-state index in [2.05, 4.69) is 404 Å². The predicted molar refractivity (Wildman–Crippen MR) is 473 cm³/mol. The molecule has 0 atom stereocenters. The van der Waals surface area contributed by atoms with Gasteiger partial charge in [0.15, 0.2) is 0 Å². The van der Waals surface area contributed by atoms with E-state index >= 15 is 0 Å². The summed E-state index contributed by atoms with van der Waals surface area (Å²) in [6.45, 7) is 9.58. The van der Waals surface area contributed by atoms with Crippen LogP contribution in [-0.2, 0) is 10.8 Å². The lowest BCUT2D eigenvalue weighted by molar-refractivity contribution is 0.662. The number of fused-ring (bicyclic) bond motifs is 21. The van der Waals surface area contributed by atoms with Gasteiger partial charge >= 0.3 is 0 Å². The molecule has 0 amide bonds. The summed E-state index contributed by atoms with van der Waals surface area (Å²) in [6, 6.07) is 141. The van der Waals surface area contributed by atoms with Crippen LogP contribution in [0, 0.1) is 0 Å². The average molecular weight is 1400 g/mol. The zero-order chi connectivity index (χ0) is 73.1. The van der Waals surface area contributed by atoms with Gasteiger partial charge in [0, 0.05) is 10.8 Å². The highest BCUT2D eigenvalue weighted by atomic mass is 14.4. The summed E-state index contributed by atoms with van der Waals surface area (Å²) in [6.07, 6.45) is 0. The van der Waals surface area contributed by atoms with Gasteiger partial charge in [-0.2, -0.15) is 0 Å². The number of hydrogen-bond donors (Lipinski definition) is 0. The summed E-state index contributed by atoms with van der Waals surface area (Å²) in [5, 5.41) is 28.3. The molecule has 0 fully saturated rings. The summed E-state index contributed by atoms with van der Waals surface area (Å²) in [4.78, 5) is 0. The van der Waals surface area contributed by atoms with E-state index in [-0.39, 0.29) is 10.8 Å². The molecule has 514 valence electrons. The van der Waals surface area contributed by atoms with Gasteiger partial charge in [0.05, 0.1) is 0 Å². The maximum absolute atomic E-state index is 2.50. The molecule has 0 bridgehead atoms. The van der Waals surface area contributed by atoms with E-state index in [1.54, 1.807) is 0 Å². The van der Waals surface area contributed by atoms with E-state index in [0.29, 0.717) is 0 Å². The summed E-state index contributed by atoms with van der Waals surface area (Å²) in [5.41, 5.74) is 25.9. The van der Waals surface area contributed by atoms with Gasteiger partial charge in [-0.15, -0.1) is 0 Å². The summed E-state index contributed by atoms with van der Waals surface area (Å²) >= 11 is 0. The average Bonchev–Trinajstić information content (AvgIpc) is 1.55. The SMILES string of the molecule is CC1(C)c2cc(-c3ccc4cc(-c5ccc6ccccc6c5)ccc4c3)c3ccccc3c2-c2ccc3cc(-c4cccc5ccccc45)ccc3c21.CC1(C)c2cc3ccccc3cc2-c2cc3cc(-c4cccc(-c5ccc6cc(-c7cc8ccc9ccccc9c8c8ccccc78)ccc6c5)c4)ccc3cc21. The van der Waals surface area contributed by atoms with Gasteiger partial charge in [0.25, 0.3) is 0 Å². The van der Waals surface area contributed by atoms with Crippen molar-refractivity contribution in [2.24, 2.45) is 0 Å². The topological polar surface area (TPSA) is 0 Å². The van der Waals surface area contributed by atoms with Crippen molar-refractivity contribution in [3.05, 3.63) is 398 Å². The van der Waals surface area contributed by atoms with E-state index in [9.17, 15) is 0 Å². The second-order valence-electron chi connectivity index (χ2n) is 31.8. The zero-order valence-corrected chi connectivity index (χ0v) is 61.8. The molecular formula is C110H74. The van der Waals surface area contributed by atoms with Crippen LogP contribution in [0.2, 0.25) is 0 Å². The molecule has 0 nitrogen and oxygen atoms in total. The summed E-state index contributed by atoms with van der Waals surface area (Å²) < 4.78 is 0. The normalized spacial score (nSPS) is 13.2. The molecule has 0 aliphatic heterocycles. The van der Waals surface area contributed by atoms with Crippen molar-refractivity contribution in [2.45, 2.75) is 38.5 Å². The molecule has 2 aliphatic carbocycles. The molecule has 0 saturated carbocycles. The molecule has 0 N–H and O–H groups in total. The van der Waals surface area contributed by atoms with Crippen LogP contribution in [0.1, 0.15) is 49.9 Å². The van der Waals surface area contributed by atoms with E-state index in [1.165, 1.54) is 230 Å². The van der Waals surface area contributed by atoms with Crippen molar-refractivity contribution in [3.8, 4) is 89.0 Å². The Bertz CT molecular complexity index is 7520. The minimum atomic E-state index is -0.171. The molecule has 0 aromatic heterocycles. The molecule has 0 unspecified atom stereocenters. The van der Waals surface area contributed by atoms with Crippen LogP contribution in [0.5, 0.6) is 0 Å². The highest BCUT2D eigenvalue weighted by Gasteiger charge is 2.39. The first-order valence-electron chi connectivity index (χ1n) is 38.7. The Kier molecular flexibility index (Phi) is 14.2. The monoisotopic (exact) mass is 1390 g/mol. The molecule has 2 aliphatic rings. The Labute approximate surface area is 640 Å². The van der Waals surface area contributed by atoms with Crippen molar-refractivity contribution in [1.82, 2.24) is 0 Å². The maximum Gasteiger partial charge on any atom is 0.0165 e. The zero-order valence-electron chi connectivity index (χ0n) is 61.8. The number of hydrogen-bond acceptors (Lipinski definition) is 0. The molecule has 21 aromatic rings. The second kappa shape index (κ2) is 24.5. The van der Waals surface area contributed by atoms with Gasteiger partial charge in [-0.25, -0.2) is 0 Å². The summed E-state index contributed by atoms with van der Waals surface area (Å²) in [5.74, 6) is 0. The molecule has 110 heavy (non-hydrogen) atoms. The van der Waals surface area contributed by atoms with E-state index in [4.69, 9.17) is 0 Å². The van der Waals surface area contributed by atoms with Crippen LogP contribution in [0.25, 0.3) is 208 Å². The third kappa shape index (κ3) is 10.1. The molecular weight excluding hydrogens is 1320 g/mol. The van der Waals surface area contributed by atoms with Crippen LogP contribution in [0.3, 0.4) is 0 Å². The largest absolute Gasteiger partial charge is 0.0616 e. The third-order valence-electron chi connectivity index (χ3n) is 24.9. The smallest absolute Gasteiger partial charge is 0.0165 e. The van der Waals surface area contributed by atoms with Crippen molar-refractivity contribution in [2.75, 3.05) is 0 Å². The Balaban J connectivity index is 0.000000136. The molecule has 0 saturated heterocycles. The number of rotatable bonds is 6. The second-order valence-corrected chi connectivity index (χ2v) is 31.8. The Morgan fingerprint density at radius 3 is 1.15 bits per heavy atom. The van der Waals surface area contributed by atoms with Crippen molar-refractivity contribution >= 4 is 118 Å². The molecule has 0 heteroatoms. The van der Waals surface area contributed by atoms with Gasteiger partial charge in [-0.05, 0) is 315 Å². The van der Waals surface area contributed by atoms with E-state index < -0.39 is 0 Å². The van der Waals surface area contributed by atoms with Gasteiger partial charge in [0.2, 0.25) is 0 Å². The fourth-order valence-electron chi connectivity index (χ4n) is 19.3. The lowest BCUT2D eigenvalue weighted by Gasteiger charge is -2.24. The van der Waals surface area contributed by atoms with Crippen LogP contribution < -0.4 is 0 Å². The molecule has 0 heterocycles. The standard InChI is InChI=1S/C57H38.C53H36/c1-57(2)54-33-39-12-4-3-11-38(39)30-52(54)53-32-47-29-43(21-22-44(47)34-55(53)57)37-14-9-13-36(26-37)40-19-20-42-28-45(24-23-41(42)27-40)51-31-46-25-18-35-10-5-6-15-48(35)56(46)50-17-8-7-16-49(50)51;1-53(2)50-32-49(42-23-22-38-29-37(20-21-39(38)30-42)36-19-18-33-10-3-4-12-35(33)28-36)46-15-7-8-16-47(46)51(50)48-27-25-41-31-40(24-26-45(41)52(48)53)44-17-9-13-34-11-5-6-14-43(34)44/h3-34H,1-2H3;3-32H,1-2H3. The molecule has 0 radical (unpaired) electrons. The minimum Gasteiger partial charge on any atom is -0.0616 e. The highest BCUT2D eigenvalue weighted by molar-refractivity contribution is 6.24. The van der Waals surface area contributed by atoms with Crippen molar-refractivity contribution < 1.29 is 0 Å². The molecule has 23 rings (SSSR count). The Hall–Kier alpha value is -13.5. The first-order valence-corrected chi connectivity index (χ1v) is 38.7. The van der Waals surface area contributed by atoms with E-state index in [1.807, 2.05) is 0 Å².